The lowest BCUT2D eigenvalue weighted by atomic mass is 10.2. The van der Waals surface area contributed by atoms with Crippen LogP contribution in [0.4, 0.5) is 0 Å². The molecule has 0 aromatic carbocycles. The minimum atomic E-state index is -0.111. The van der Waals surface area contributed by atoms with Crippen LogP contribution in [0.3, 0.4) is 0 Å². The van der Waals surface area contributed by atoms with E-state index in [1.54, 1.807) is 0 Å². The van der Waals surface area contributed by atoms with Crippen LogP contribution in [0.2, 0.25) is 0 Å². The third-order valence-corrected chi connectivity index (χ3v) is 3.64. The molecule has 0 spiro atoms. The topological polar surface area (TPSA) is 78.0 Å². The van der Waals surface area contributed by atoms with Gasteiger partial charge in [-0.1, -0.05) is 0 Å². The summed E-state index contributed by atoms with van der Waals surface area (Å²) in [5, 5.41) is 13.2. The summed E-state index contributed by atoms with van der Waals surface area (Å²) >= 11 is 0. The predicted molar refractivity (Wildman–Crippen MR) is 59.3 cm³/mol. The number of rotatable bonds is 2. The molecule has 2 fully saturated rings. The number of aromatic amines is 1. The second-order valence-electron chi connectivity index (χ2n) is 4.67. The molecule has 1 N–H and O–H groups in total. The number of nitrogens with one attached hydrogen (secondary N) is 1. The largest absolute Gasteiger partial charge is 0.334 e. The van der Waals surface area contributed by atoms with Gasteiger partial charge in [-0.25, -0.2) is 0 Å². The van der Waals surface area contributed by atoms with Gasteiger partial charge >= 0.3 is 0 Å². The van der Waals surface area contributed by atoms with E-state index in [1.807, 2.05) is 4.90 Å². The van der Waals surface area contributed by atoms with Gasteiger partial charge in [-0.05, 0) is 37.6 Å². The molecule has 7 nitrogen and oxygen atoms in total. The van der Waals surface area contributed by atoms with Crippen LogP contribution >= 0.6 is 0 Å². The molecule has 0 saturated carbocycles. The quantitative estimate of drug-likeness (QED) is 0.749. The van der Waals surface area contributed by atoms with Crippen molar-refractivity contribution in [2.45, 2.75) is 25.3 Å². The van der Waals surface area contributed by atoms with Crippen molar-refractivity contribution in [1.29, 1.82) is 0 Å². The highest BCUT2D eigenvalue weighted by atomic mass is 16.2. The molecule has 2 aliphatic heterocycles. The molecule has 1 unspecified atom stereocenters. The maximum Gasteiger partial charge on any atom is 0.295 e. The van der Waals surface area contributed by atoms with Crippen LogP contribution in [0.25, 0.3) is 0 Å². The van der Waals surface area contributed by atoms with Gasteiger partial charge in [0.25, 0.3) is 11.7 Å². The Morgan fingerprint density at radius 1 is 1.29 bits per heavy atom. The first-order valence-electron chi connectivity index (χ1n) is 6.11. The smallest absolute Gasteiger partial charge is 0.295 e. The molecule has 92 valence electrons. The van der Waals surface area contributed by atoms with Crippen LogP contribution in [0.15, 0.2) is 0 Å². The summed E-state index contributed by atoms with van der Waals surface area (Å²) in [6.07, 6.45) is 3.63. The van der Waals surface area contributed by atoms with E-state index in [-0.39, 0.29) is 11.7 Å². The van der Waals surface area contributed by atoms with E-state index in [9.17, 15) is 4.79 Å². The number of H-pyrrole nitrogens is 1. The van der Waals surface area contributed by atoms with Crippen molar-refractivity contribution in [1.82, 2.24) is 30.4 Å². The number of hydrogen-bond acceptors (Lipinski definition) is 5. The van der Waals surface area contributed by atoms with Gasteiger partial charge < -0.3 is 4.90 Å². The van der Waals surface area contributed by atoms with E-state index in [4.69, 9.17) is 0 Å². The van der Waals surface area contributed by atoms with Gasteiger partial charge in [0, 0.05) is 19.1 Å². The molecule has 0 aliphatic carbocycles. The lowest BCUT2D eigenvalue weighted by Crippen LogP contribution is -2.37. The minimum absolute atomic E-state index is 0.111. The van der Waals surface area contributed by atoms with Crippen LogP contribution in [-0.2, 0) is 0 Å². The standard InChI is InChI=1S/C10H16N6O/c17-10(9-11-13-14-12-9)16-6-3-8(7-16)15-4-1-2-5-15/h8H,1-7H2,(H,11,12,13,14). The van der Waals surface area contributed by atoms with Crippen molar-refractivity contribution in [2.75, 3.05) is 26.2 Å². The molecule has 1 aromatic heterocycles. The number of aromatic nitrogens is 4. The minimum Gasteiger partial charge on any atom is -0.334 e. The summed E-state index contributed by atoms with van der Waals surface area (Å²) < 4.78 is 0. The summed E-state index contributed by atoms with van der Waals surface area (Å²) in [5.74, 6) is 0.0625. The van der Waals surface area contributed by atoms with Crippen LogP contribution < -0.4 is 0 Å². The summed E-state index contributed by atoms with van der Waals surface area (Å²) in [4.78, 5) is 16.3. The first-order chi connectivity index (χ1) is 8.34. The zero-order valence-corrected chi connectivity index (χ0v) is 9.67. The fraction of sp³-hybridized carbons (Fsp3) is 0.800. The first kappa shape index (κ1) is 10.6. The Labute approximate surface area is 99.2 Å². The first-order valence-corrected chi connectivity index (χ1v) is 6.11. The van der Waals surface area contributed by atoms with E-state index >= 15 is 0 Å². The third-order valence-electron chi connectivity index (χ3n) is 3.64. The van der Waals surface area contributed by atoms with Crippen molar-refractivity contribution in [3.63, 3.8) is 0 Å². The van der Waals surface area contributed by atoms with Crippen LogP contribution in [0.1, 0.15) is 29.9 Å². The highest BCUT2D eigenvalue weighted by Gasteiger charge is 2.33. The molecule has 3 heterocycles. The molecular weight excluding hydrogens is 220 g/mol. The molecule has 0 bridgehead atoms. The monoisotopic (exact) mass is 236 g/mol. The fourth-order valence-corrected chi connectivity index (χ4v) is 2.72. The summed E-state index contributed by atoms with van der Waals surface area (Å²) in [7, 11) is 0. The van der Waals surface area contributed by atoms with Crippen molar-refractivity contribution in [3.05, 3.63) is 5.82 Å². The molecule has 1 atom stereocenters. The van der Waals surface area contributed by atoms with Gasteiger partial charge in [0.15, 0.2) is 0 Å². The van der Waals surface area contributed by atoms with E-state index in [0.717, 1.165) is 19.5 Å². The Morgan fingerprint density at radius 2 is 2.12 bits per heavy atom. The van der Waals surface area contributed by atoms with Gasteiger partial charge in [0.05, 0.1) is 0 Å². The number of tetrazole rings is 1. The molecule has 0 radical (unpaired) electrons. The summed E-state index contributed by atoms with van der Waals surface area (Å²) in [6.45, 7) is 3.95. The van der Waals surface area contributed by atoms with Crippen molar-refractivity contribution in [3.8, 4) is 0 Å². The maximum atomic E-state index is 12.0. The zero-order valence-electron chi connectivity index (χ0n) is 9.67. The highest BCUT2D eigenvalue weighted by molar-refractivity contribution is 5.90. The van der Waals surface area contributed by atoms with Crippen LogP contribution in [-0.4, -0.2) is 68.6 Å². The van der Waals surface area contributed by atoms with Gasteiger partial charge in [0.1, 0.15) is 0 Å². The van der Waals surface area contributed by atoms with Gasteiger partial charge in [-0.3, -0.25) is 9.69 Å². The Balaban J connectivity index is 1.62. The Kier molecular flexibility index (Phi) is 2.76. The number of nitrogens with zero attached hydrogens (tertiary/aromatic N) is 5. The summed E-state index contributed by atoms with van der Waals surface area (Å²) in [5.41, 5.74) is 0. The Bertz CT molecular complexity index is 386. The third kappa shape index (κ3) is 2.02. The van der Waals surface area contributed by atoms with Gasteiger partial charge in [-0.2, -0.15) is 5.21 Å². The number of amides is 1. The molecule has 1 aromatic rings. The molecule has 3 rings (SSSR count). The predicted octanol–water partition coefficient (Wildman–Crippen LogP) is -0.490. The van der Waals surface area contributed by atoms with Gasteiger partial charge in [-0.15, -0.1) is 10.2 Å². The molecule has 1 amide bonds. The number of likely N-dealkylation sites (tertiary alicyclic amines) is 2. The van der Waals surface area contributed by atoms with Crippen molar-refractivity contribution < 1.29 is 4.79 Å². The van der Waals surface area contributed by atoms with Crippen LogP contribution in [0.5, 0.6) is 0 Å². The van der Waals surface area contributed by atoms with E-state index in [2.05, 4.69) is 25.5 Å². The SMILES string of the molecule is O=C(c1nn[nH]n1)N1CCC(N2CCCC2)C1. The van der Waals surface area contributed by atoms with E-state index in [1.165, 1.54) is 25.9 Å². The molecule has 2 saturated heterocycles. The average Bonchev–Trinajstić information content (AvgIpc) is 3.09. The number of carbonyl (C=O) groups is 1. The second kappa shape index (κ2) is 4.40. The zero-order chi connectivity index (χ0) is 11.7. The maximum absolute atomic E-state index is 12.0. The normalized spacial score (nSPS) is 25.6. The average molecular weight is 236 g/mol. The number of hydrogen-bond donors (Lipinski definition) is 1. The van der Waals surface area contributed by atoms with Gasteiger partial charge in [0.2, 0.25) is 0 Å². The lowest BCUT2D eigenvalue weighted by molar-refractivity contribution is 0.0768. The molecular formula is C10H16N6O. The number of carbonyl (C=O) groups excluding carboxylic acids is 1. The Morgan fingerprint density at radius 3 is 2.82 bits per heavy atom. The second-order valence-corrected chi connectivity index (χ2v) is 4.67. The lowest BCUT2D eigenvalue weighted by Gasteiger charge is -2.23. The van der Waals surface area contributed by atoms with Crippen molar-refractivity contribution in [2.24, 2.45) is 0 Å². The van der Waals surface area contributed by atoms with E-state index in [0.29, 0.717) is 6.04 Å². The Hall–Kier alpha value is -1.50. The van der Waals surface area contributed by atoms with Crippen LogP contribution in [0, 0.1) is 0 Å². The van der Waals surface area contributed by atoms with Crippen molar-refractivity contribution >= 4 is 5.91 Å². The molecule has 7 heteroatoms. The molecule has 2 aliphatic rings. The highest BCUT2D eigenvalue weighted by Crippen LogP contribution is 2.20. The van der Waals surface area contributed by atoms with E-state index < -0.39 is 0 Å². The fourth-order valence-electron chi connectivity index (χ4n) is 2.72. The summed E-state index contributed by atoms with van der Waals surface area (Å²) in [6, 6.07) is 0.522. The molecule has 17 heavy (non-hydrogen) atoms.